The minimum absolute atomic E-state index is 0.123. The summed E-state index contributed by atoms with van der Waals surface area (Å²) in [5.41, 5.74) is 0. The lowest BCUT2D eigenvalue weighted by atomic mass is 9.85. The molecule has 1 aliphatic rings. The van der Waals surface area contributed by atoms with Gasteiger partial charge in [0.1, 0.15) is 0 Å². The van der Waals surface area contributed by atoms with Crippen molar-refractivity contribution in [3.05, 3.63) is 0 Å². The first-order valence-corrected chi connectivity index (χ1v) is 7.58. The predicted octanol–water partition coefficient (Wildman–Crippen LogP) is 2.42. The molecule has 1 rings (SSSR count). The van der Waals surface area contributed by atoms with E-state index in [1.807, 2.05) is 0 Å². The molecule has 2 amide bonds. The fourth-order valence-electron chi connectivity index (χ4n) is 2.92. The first-order valence-electron chi connectivity index (χ1n) is 7.58. The molecule has 0 unspecified atom stereocenters. The highest BCUT2D eigenvalue weighted by Gasteiger charge is 2.28. The average Bonchev–Trinajstić information content (AvgIpc) is 2.38. The van der Waals surface area contributed by atoms with E-state index in [0.29, 0.717) is 43.8 Å². The molecule has 2 N–H and O–H groups in total. The lowest BCUT2D eigenvalue weighted by molar-refractivity contribution is -0.143. The number of carbonyl (C=O) groups excluding carboxylic acids is 1. The summed E-state index contributed by atoms with van der Waals surface area (Å²) < 4.78 is 0. The second-order valence-electron chi connectivity index (χ2n) is 6.46. The normalized spacial score (nSPS) is 19.8. The molecule has 5 heteroatoms. The number of urea groups is 1. The Morgan fingerprint density at radius 1 is 1.25 bits per heavy atom. The number of carbonyl (C=O) groups is 2. The third kappa shape index (κ3) is 4.69. The molecule has 0 aliphatic carbocycles. The maximum absolute atomic E-state index is 12.1. The molecule has 1 atom stereocenters. The van der Waals surface area contributed by atoms with Gasteiger partial charge >= 0.3 is 12.0 Å². The van der Waals surface area contributed by atoms with Gasteiger partial charge in [0.05, 0.1) is 5.92 Å². The molecular weight excluding hydrogens is 256 g/mol. The second-order valence-corrected chi connectivity index (χ2v) is 6.46. The molecule has 1 saturated heterocycles. The summed E-state index contributed by atoms with van der Waals surface area (Å²) in [6.45, 7) is 10.3. The van der Waals surface area contributed by atoms with E-state index in [1.54, 1.807) is 4.90 Å². The van der Waals surface area contributed by atoms with Gasteiger partial charge in [0, 0.05) is 19.6 Å². The highest BCUT2D eigenvalue weighted by Crippen LogP contribution is 2.20. The van der Waals surface area contributed by atoms with Crippen LogP contribution >= 0.6 is 0 Å². The Hall–Kier alpha value is -1.26. The number of hydrogen-bond donors (Lipinski definition) is 2. The van der Waals surface area contributed by atoms with Crippen molar-refractivity contribution in [1.29, 1.82) is 0 Å². The smallest absolute Gasteiger partial charge is 0.317 e. The zero-order valence-corrected chi connectivity index (χ0v) is 13.1. The summed E-state index contributed by atoms with van der Waals surface area (Å²) in [7, 11) is 0. The van der Waals surface area contributed by atoms with Gasteiger partial charge in [0.15, 0.2) is 0 Å². The first kappa shape index (κ1) is 16.8. The molecule has 1 fully saturated rings. The van der Waals surface area contributed by atoms with Crippen molar-refractivity contribution in [2.24, 2.45) is 23.7 Å². The molecule has 0 bridgehead atoms. The van der Waals surface area contributed by atoms with Crippen LogP contribution in [0.1, 0.15) is 40.5 Å². The molecule has 1 heterocycles. The number of hydrogen-bond acceptors (Lipinski definition) is 2. The Morgan fingerprint density at radius 2 is 1.85 bits per heavy atom. The summed E-state index contributed by atoms with van der Waals surface area (Å²) in [5, 5.41) is 12.0. The number of nitrogens with zero attached hydrogens (tertiary/aromatic N) is 1. The molecule has 0 aromatic heterocycles. The van der Waals surface area contributed by atoms with Crippen LogP contribution in [-0.2, 0) is 4.79 Å². The van der Waals surface area contributed by atoms with Gasteiger partial charge in [-0.3, -0.25) is 4.79 Å². The molecule has 0 aromatic carbocycles. The van der Waals surface area contributed by atoms with Crippen LogP contribution in [0.3, 0.4) is 0 Å². The number of likely N-dealkylation sites (tertiary alicyclic amines) is 1. The van der Waals surface area contributed by atoms with Crippen LogP contribution in [0.4, 0.5) is 4.79 Å². The van der Waals surface area contributed by atoms with E-state index in [-0.39, 0.29) is 6.03 Å². The lowest BCUT2D eigenvalue weighted by Gasteiger charge is -2.32. The van der Waals surface area contributed by atoms with Crippen molar-refractivity contribution in [3.8, 4) is 0 Å². The number of rotatable bonds is 5. The van der Waals surface area contributed by atoms with Crippen molar-refractivity contribution in [2.75, 3.05) is 19.6 Å². The zero-order valence-electron chi connectivity index (χ0n) is 13.1. The molecule has 20 heavy (non-hydrogen) atoms. The fraction of sp³-hybridized carbons (Fsp3) is 0.867. The van der Waals surface area contributed by atoms with Crippen LogP contribution in [-0.4, -0.2) is 41.6 Å². The number of nitrogens with one attached hydrogen (secondary N) is 1. The number of carboxylic acid groups (broad SMARTS) is 1. The molecule has 1 aliphatic heterocycles. The van der Waals surface area contributed by atoms with Gasteiger partial charge in [-0.1, -0.05) is 27.7 Å². The van der Waals surface area contributed by atoms with E-state index in [2.05, 4.69) is 33.0 Å². The fourth-order valence-corrected chi connectivity index (χ4v) is 2.92. The van der Waals surface area contributed by atoms with Crippen molar-refractivity contribution >= 4 is 12.0 Å². The quantitative estimate of drug-likeness (QED) is 0.814. The third-order valence-electron chi connectivity index (χ3n) is 4.26. The van der Waals surface area contributed by atoms with Crippen LogP contribution < -0.4 is 5.32 Å². The monoisotopic (exact) mass is 284 g/mol. The van der Waals surface area contributed by atoms with E-state index >= 15 is 0 Å². The highest BCUT2D eigenvalue weighted by molar-refractivity contribution is 5.76. The predicted molar refractivity (Wildman–Crippen MR) is 78.5 cm³/mol. The largest absolute Gasteiger partial charge is 0.481 e. The lowest BCUT2D eigenvalue weighted by Crippen LogP contribution is -2.48. The average molecular weight is 284 g/mol. The maximum atomic E-state index is 12.1. The van der Waals surface area contributed by atoms with Gasteiger partial charge in [-0.15, -0.1) is 0 Å². The Kier molecular flexibility index (Phi) is 6.30. The summed E-state index contributed by atoms with van der Waals surface area (Å²) in [4.78, 5) is 24.8. The third-order valence-corrected chi connectivity index (χ3v) is 4.26. The van der Waals surface area contributed by atoms with E-state index in [1.165, 1.54) is 0 Å². The summed E-state index contributed by atoms with van der Waals surface area (Å²) in [6, 6.07) is -0.123. The Morgan fingerprint density at radius 3 is 2.35 bits per heavy atom. The SMILES string of the molecule is CC(C)C(CNC(=O)N1CCC[C@@H](C(=O)O)C1)C(C)C. The molecule has 0 radical (unpaired) electrons. The molecule has 0 aromatic rings. The second kappa shape index (κ2) is 7.50. The van der Waals surface area contributed by atoms with Crippen LogP contribution in [0.15, 0.2) is 0 Å². The standard InChI is InChI=1S/C15H28N2O3/c1-10(2)13(11(3)4)8-16-15(20)17-7-5-6-12(9-17)14(18)19/h10-13H,5-9H2,1-4H3,(H,16,20)(H,18,19)/t12-/m1/s1. The Labute approximate surface area is 121 Å². The molecular formula is C15H28N2O3. The van der Waals surface area contributed by atoms with Crippen molar-refractivity contribution in [3.63, 3.8) is 0 Å². The summed E-state index contributed by atoms with van der Waals surface area (Å²) >= 11 is 0. The summed E-state index contributed by atoms with van der Waals surface area (Å²) in [5.74, 6) is 0.260. The van der Waals surface area contributed by atoms with Crippen LogP contribution in [0, 0.1) is 23.7 Å². The zero-order chi connectivity index (χ0) is 15.3. The molecule has 0 spiro atoms. The molecule has 0 saturated carbocycles. The maximum Gasteiger partial charge on any atom is 0.317 e. The van der Waals surface area contributed by atoms with E-state index in [4.69, 9.17) is 5.11 Å². The van der Waals surface area contributed by atoms with Crippen LogP contribution in [0.5, 0.6) is 0 Å². The van der Waals surface area contributed by atoms with Crippen molar-refractivity contribution in [2.45, 2.75) is 40.5 Å². The topological polar surface area (TPSA) is 69.6 Å². The van der Waals surface area contributed by atoms with E-state index in [0.717, 1.165) is 6.42 Å². The number of aliphatic carboxylic acids is 1. The van der Waals surface area contributed by atoms with Gasteiger partial charge < -0.3 is 15.3 Å². The highest BCUT2D eigenvalue weighted by atomic mass is 16.4. The van der Waals surface area contributed by atoms with Gasteiger partial charge in [-0.05, 0) is 30.6 Å². The van der Waals surface area contributed by atoms with E-state index in [9.17, 15) is 9.59 Å². The first-order chi connectivity index (χ1) is 9.32. The Bertz CT molecular complexity index is 334. The van der Waals surface area contributed by atoms with Gasteiger partial charge in [-0.2, -0.15) is 0 Å². The van der Waals surface area contributed by atoms with Gasteiger partial charge in [0.25, 0.3) is 0 Å². The van der Waals surface area contributed by atoms with Crippen molar-refractivity contribution < 1.29 is 14.7 Å². The van der Waals surface area contributed by atoms with E-state index < -0.39 is 11.9 Å². The minimum atomic E-state index is -0.801. The number of carboxylic acids is 1. The summed E-state index contributed by atoms with van der Waals surface area (Å²) in [6.07, 6.45) is 1.43. The minimum Gasteiger partial charge on any atom is -0.481 e. The van der Waals surface area contributed by atoms with Crippen molar-refractivity contribution in [1.82, 2.24) is 10.2 Å². The Balaban J connectivity index is 2.47. The number of amides is 2. The van der Waals surface area contributed by atoms with Gasteiger partial charge in [-0.25, -0.2) is 4.79 Å². The van der Waals surface area contributed by atoms with Crippen LogP contribution in [0.2, 0.25) is 0 Å². The number of piperidine rings is 1. The molecule has 116 valence electrons. The van der Waals surface area contributed by atoms with Gasteiger partial charge in [0.2, 0.25) is 0 Å². The van der Waals surface area contributed by atoms with Crippen LogP contribution in [0.25, 0.3) is 0 Å². The molecule has 5 nitrogen and oxygen atoms in total.